The lowest BCUT2D eigenvalue weighted by molar-refractivity contribution is -0.138. The molecule has 0 radical (unpaired) electrons. The van der Waals surface area contributed by atoms with Crippen molar-refractivity contribution >= 4 is 37.9 Å². The van der Waals surface area contributed by atoms with Gasteiger partial charge < -0.3 is 4.74 Å². The highest BCUT2D eigenvalue weighted by molar-refractivity contribution is 7.89. The summed E-state index contributed by atoms with van der Waals surface area (Å²) in [6, 6.07) is 20.2. The molecule has 0 amide bonds. The highest BCUT2D eigenvalue weighted by atomic mass is 32.2. The van der Waals surface area contributed by atoms with Gasteiger partial charge in [0.2, 0.25) is 10.0 Å². The van der Waals surface area contributed by atoms with E-state index >= 15 is 0 Å². The van der Waals surface area contributed by atoms with Crippen LogP contribution >= 0.6 is 0 Å². The molecule has 3 aromatic rings. The Morgan fingerprint density at radius 3 is 2.14 bits per heavy atom. The number of esters is 1. The number of benzene rings is 3. The van der Waals surface area contributed by atoms with Crippen LogP contribution in [0.25, 0.3) is 21.9 Å². The van der Waals surface area contributed by atoms with E-state index in [-0.39, 0.29) is 10.9 Å². The summed E-state index contributed by atoms with van der Waals surface area (Å²) in [5, 5.41) is 7.34. The molecule has 5 nitrogen and oxygen atoms in total. The topological polar surface area (TPSA) is 86.5 Å². The normalized spacial score (nSPS) is 18.0. The van der Waals surface area contributed by atoms with E-state index < -0.39 is 15.6 Å². The zero-order chi connectivity index (χ0) is 19.5. The number of ether oxygens (including phenoxy) is 1. The van der Waals surface area contributed by atoms with Gasteiger partial charge in [-0.2, -0.15) is 0 Å². The fourth-order valence-corrected chi connectivity index (χ4v) is 4.42. The summed E-state index contributed by atoms with van der Waals surface area (Å²) in [7, 11) is -3.77. The highest BCUT2D eigenvalue weighted by Gasteiger charge is 2.57. The first kappa shape index (κ1) is 17.2. The molecular formula is C22H17NO4S. The van der Waals surface area contributed by atoms with Crippen molar-refractivity contribution in [3.8, 4) is 0 Å². The Kier molecular flexibility index (Phi) is 3.53. The number of rotatable bonds is 3. The van der Waals surface area contributed by atoms with Crippen molar-refractivity contribution in [3.63, 3.8) is 0 Å². The standard InChI is InChI=1S/C22H17NO4S/c23-28(25,26)18-9-7-15(8-10-18)20-19(21(24)27-22(20)11-12-22)17-6-5-14-3-1-2-4-16(14)13-17/h1-10,13H,11-12H2,(H2,23,25,26). The summed E-state index contributed by atoms with van der Waals surface area (Å²) in [6.45, 7) is 0. The smallest absolute Gasteiger partial charge is 0.340 e. The number of carbonyl (C=O) groups is 1. The van der Waals surface area contributed by atoms with Gasteiger partial charge in [0.25, 0.3) is 0 Å². The molecule has 3 aromatic carbocycles. The molecule has 5 rings (SSSR count). The molecule has 1 fully saturated rings. The van der Waals surface area contributed by atoms with Gasteiger partial charge in [-0.05, 0) is 52.9 Å². The average Bonchev–Trinajstić information content (AvgIpc) is 3.37. The Hall–Kier alpha value is -2.96. The molecule has 0 saturated heterocycles. The van der Waals surface area contributed by atoms with Crippen molar-refractivity contribution in [2.24, 2.45) is 5.14 Å². The zero-order valence-electron chi connectivity index (χ0n) is 14.9. The van der Waals surface area contributed by atoms with Crippen LogP contribution in [-0.2, 0) is 19.6 Å². The number of carbonyl (C=O) groups excluding carboxylic acids is 1. The zero-order valence-corrected chi connectivity index (χ0v) is 15.7. The van der Waals surface area contributed by atoms with Crippen molar-refractivity contribution in [2.75, 3.05) is 0 Å². The number of hydrogen-bond acceptors (Lipinski definition) is 4. The lowest BCUT2D eigenvalue weighted by Gasteiger charge is -2.13. The summed E-state index contributed by atoms with van der Waals surface area (Å²) in [4.78, 5) is 12.8. The monoisotopic (exact) mass is 391 g/mol. The molecule has 1 heterocycles. The first-order valence-corrected chi connectivity index (χ1v) is 10.5. The molecule has 0 unspecified atom stereocenters. The predicted molar refractivity (Wildman–Crippen MR) is 107 cm³/mol. The molecule has 0 atom stereocenters. The van der Waals surface area contributed by atoms with E-state index in [0.29, 0.717) is 5.57 Å². The van der Waals surface area contributed by atoms with Gasteiger partial charge in [-0.25, -0.2) is 18.4 Å². The molecular weight excluding hydrogens is 374 g/mol. The predicted octanol–water partition coefficient (Wildman–Crippen LogP) is 3.49. The molecule has 0 bridgehead atoms. The number of hydrogen-bond donors (Lipinski definition) is 1. The third kappa shape index (κ3) is 2.65. The van der Waals surface area contributed by atoms with Gasteiger partial charge in [-0.3, -0.25) is 0 Å². The molecule has 1 aliphatic heterocycles. The quantitative estimate of drug-likeness (QED) is 0.693. The van der Waals surface area contributed by atoms with Gasteiger partial charge in [-0.1, -0.05) is 48.5 Å². The maximum absolute atomic E-state index is 12.8. The number of fused-ring (bicyclic) bond motifs is 1. The van der Waals surface area contributed by atoms with Gasteiger partial charge in [0, 0.05) is 5.57 Å². The van der Waals surface area contributed by atoms with Crippen molar-refractivity contribution in [1.29, 1.82) is 0 Å². The Labute approximate surface area is 162 Å². The molecule has 0 aromatic heterocycles. The minimum Gasteiger partial charge on any atom is -0.451 e. The van der Waals surface area contributed by atoms with E-state index in [2.05, 4.69) is 0 Å². The van der Waals surface area contributed by atoms with Crippen LogP contribution in [0.2, 0.25) is 0 Å². The van der Waals surface area contributed by atoms with Crippen molar-refractivity contribution in [1.82, 2.24) is 0 Å². The summed E-state index contributed by atoms with van der Waals surface area (Å²) in [5.74, 6) is -0.335. The first-order valence-electron chi connectivity index (χ1n) is 8.98. The third-order valence-corrected chi connectivity index (χ3v) is 6.34. The van der Waals surface area contributed by atoms with Crippen LogP contribution in [0.3, 0.4) is 0 Å². The van der Waals surface area contributed by atoms with Crippen LogP contribution < -0.4 is 5.14 Å². The van der Waals surface area contributed by atoms with Gasteiger partial charge in [0.05, 0.1) is 10.5 Å². The molecule has 1 saturated carbocycles. The molecule has 1 aliphatic carbocycles. The maximum Gasteiger partial charge on any atom is 0.340 e. The summed E-state index contributed by atoms with van der Waals surface area (Å²) >= 11 is 0. The first-order chi connectivity index (χ1) is 13.4. The lowest BCUT2D eigenvalue weighted by Crippen LogP contribution is -2.13. The fraction of sp³-hybridized carbons (Fsp3) is 0.136. The van der Waals surface area contributed by atoms with Gasteiger partial charge >= 0.3 is 5.97 Å². The van der Waals surface area contributed by atoms with Gasteiger partial charge in [0.15, 0.2) is 0 Å². The Morgan fingerprint density at radius 2 is 1.50 bits per heavy atom. The highest BCUT2D eigenvalue weighted by Crippen LogP contribution is 2.57. The summed E-state index contributed by atoms with van der Waals surface area (Å²) in [5.41, 5.74) is 2.36. The fourth-order valence-electron chi connectivity index (χ4n) is 3.90. The number of sulfonamides is 1. The van der Waals surface area contributed by atoms with Crippen LogP contribution in [0.4, 0.5) is 0 Å². The SMILES string of the molecule is NS(=O)(=O)c1ccc(C2=C(c3ccc4ccccc4c3)C(=O)OC23CC3)cc1. The van der Waals surface area contributed by atoms with Crippen LogP contribution in [0.15, 0.2) is 71.6 Å². The largest absolute Gasteiger partial charge is 0.451 e. The number of primary sulfonamides is 1. The van der Waals surface area contributed by atoms with E-state index in [1.165, 1.54) is 12.1 Å². The maximum atomic E-state index is 12.8. The van der Waals surface area contributed by atoms with Crippen LogP contribution in [0.5, 0.6) is 0 Å². The van der Waals surface area contributed by atoms with Gasteiger partial charge in [-0.15, -0.1) is 0 Å². The van der Waals surface area contributed by atoms with Crippen LogP contribution in [0, 0.1) is 0 Å². The molecule has 1 spiro atoms. The van der Waals surface area contributed by atoms with E-state index in [0.717, 1.165) is 40.3 Å². The third-order valence-electron chi connectivity index (χ3n) is 5.41. The van der Waals surface area contributed by atoms with E-state index in [9.17, 15) is 13.2 Å². The van der Waals surface area contributed by atoms with E-state index in [1.807, 2.05) is 42.5 Å². The van der Waals surface area contributed by atoms with E-state index in [1.54, 1.807) is 12.1 Å². The van der Waals surface area contributed by atoms with Gasteiger partial charge in [0.1, 0.15) is 5.60 Å². The van der Waals surface area contributed by atoms with Crippen molar-refractivity contribution in [3.05, 3.63) is 77.9 Å². The lowest BCUT2D eigenvalue weighted by atomic mass is 9.91. The Balaban J connectivity index is 1.71. The Bertz CT molecular complexity index is 1270. The molecule has 28 heavy (non-hydrogen) atoms. The van der Waals surface area contributed by atoms with Crippen LogP contribution in [-0.4, -0.2) is 20.0 Å². The number of nitrogens with two attached hydrogens (primary N) is 1. The summed E-state index contributed by atoms with van der Waals surface area (Å²) in [6.07, 6.45) is 1.53. The molecule has 2 N–H and O–H groups in total. The second kappa shape index (κ2) is 5.77. The van der Waals surface area contributed by atoms with Crippen LogP contribution in [0.1, 0.15) is 24.0 Å². The Morgan fingerprint density at radius 1 is 0.857 bits per heavy atom. The molecule has 6 heteroatoms. The molecule has 2 aliphatic rings. The minimum atomic E-state index is -3.77. The molecule has 140 valence electrons. The minimum absolute atomic E-state index is 0.0409. The second-order valence-electron chi connectivity index (χ2n) is 7.27. The average molecular weight is 391 g/mol. The van der Waals surface area contributed by atoms with Crippen molar-refractivity contribution < 1.29 is 17.9 Å². The van der Waals surface area contributed by atoms with Crippen molar-refractivity contribution in [2.45, 2.75) is 23.3 Å². The summed E-state index contributed by atoms with van der Waals surface area (Å²) < 4.78 is 28.9. The van der Waals surface area contributed by atoms with E-state index in [4.69, 9.17) is 9.88 Å². The second-order valence-corrected chi connectivity index (χ2v) is 8.83.